The number of furan rings is 1. The summed E-state index contributed by atoms with van der Waals surface area (Å²) in [7, 11) is 1.67. The Hall–Kier alpha value is -1.70. The van der Waals surface area contributed by atoms with E-state index in [4.69, 9.17) is 13.7 Å². The van der Waals surface area contributed by atoms with Gasteiger partial charge in [0.1, 0.15) is 5.76 Å². The van der Waals surface area contributed by atoms with E-state index in [0.717, 1.165) is 38.2 Å². The van der Waals surface area contributed by atoms with Gasteiger partial charge in [0, 0.05) is 32.7 Å². The van der Waals surface area contributed by atoms with Crippen LogP contribution in [-0.2, 0) is 17.7 Å². The van der Waals surface area contributed by atoms with Crippen molar-refractivity contribution in [2.75, 3.05) is 26.8 Å². The van der Waals surface area contributed by atoms with Gasteiger partial charge in [-0.05, 0) is 31.9 Å². The second kappa shape index (κ2) is 8.41. The number of piperidine rings is 1. The Morgan fingerprint density at radius 3 is 2.96 bits per heavy atom. The van der Waals surface area contributed by atoms with Crippen molar-refractivity contribution in [3.05, 3.63) is 35.9 Å². The highest BCUT2D eigenvalue weighted by Gasteiger charge is 2.23. The third-order valence-electron chi connectivity index (χ3n) is 4.42. The van der Waals surface area contributed by atoms with Crippen molar-refractivity contribution < 1.29 is 13.7 Å². The van der Waals surface area contributed by atoms with E-state index in [1.165, 1.54) is 0 Å². The minimum absolute atomic E-state index is 0.0652. The number of methoxy groups -OCH3 is 1. The van der Waals surface area contributed by atoms with Gasteiger partial charge in [-0.3, -0.25) is 4.90 Å². The molecule has 1 N–H and O–H groups in total. The third kappa shape index (κ3) is 4.66. The predicted molar refractivity (Wildman–Crippen MR) is 88.4 cm³/mol. The van der Waals surface area contributed by atoms with E-state index in [-0.39, 0.29) is 6.04 Å². The number of nitrogens with zero attached hydrogens (tertiary/aromatic N) is 3. The van der Waals surface area contributed by atoms with Crippen molar-refractivity contribution in [1.29, 1.82) is 0 Å². The van der Waals surface area contributed by atoms with Crippen LogP contribution in [0, 0.1) is 0 Å². The zero-order chi connectivity index (χ0) is 16.8. The molecule has 2 aromatic heterocycles. The summed E-state index contributed by atoms with van der Waals surface area (Å²) < 4.78 is 15.8. The molecule has 1 atom stereocenters. The molecule has 0 spiro atoms. The number of aromatic nitrogens is 2. The molecule has 0 bridgehead atoms. The normalized spacial score (nSPS) is 18.1. The highest BCUT2D eigenvalue weighted by molar-refractivity contribution is 4.98. The number of ether oxygens (including phenoxy) is 1. The Kier molecular flexibility index (Phi) is 6.01. The van der Waals surface area contributed by atoms with Crippen molar-refractivity contribution in [1.82, 2.24) is 20.4 Å². The van der Waals surface area contributed by atoms with Crippen LogP contribution in [0.15, 0.2) is 27.3 Å². The van der Waals surface area contributed by atoms with E-state index in [9.17, 15) is 0 Å². The summed E-state index contributed by atoms with van der Waals surface area (Å²) >= 11 is 0. The SMILES string of the molecule is COCCc1noc(C(C)NC2CCN(Cc3ccco3)CC2)n1. The maximum absolute atomic E-state index is 5.42. The van der Waals surface area contributed by atoms with Crippen LogP contribution < -0.4 is 5.32 Å². The van der Waals surface area contributed by atoms with Gasteiger partial charge >= 0.3 is 0 Å². The summed E-state index contributed by atoms with van der Waals surface area (Å²) in [5, 5.41) is 7.60. The van der Waals surface area contributed by atoms with Gasteiger partial charge in [-0.2, -0.15) is 4.98 Å². The molecule has 132 valence electrons. The molecule has 24 heavy (non-hydrogen) atoms. The molecule has 0 radical (unpaired) electrons. The lowest BCUT2D eigenvalue weighted by molar-refractivity contribution is 0.170. The van der Waals surface area contributed by atoms with Crippen LogP contribution in [-0.4, -0.2) is 47.9 Å². The van der Waals surface area contributed by atoms with E-state index in [0.29, 0.717) is 30.8 Å². The summed E-state index contributed by atoms with van der Waals surface area (Å²) in [5.74, 6) is 2.39. The van der Waals surface area contributed by atoms with Crippen molar-refractivity contribution in [2.45, 2.75) is 44.8 Å². The maximum atomic E-state index is 5.42. The monoisotopic (exact) mass is 334 g/mol. The first-order valence-corrected chi connectivity index (χ1v) is 8.57. The zero-order valence-corrected chi connectivity index (χ0v) is 14.4. The first-order valence-electron chi connectivity index (χ1n) is 8.57. The second-order valence-corrected chi connectivity index (χ2v) is 6.31. The molecule has 7 nitrogen and oxygen atoms in total. The van der Waals surface area contributed by atoms with Gasteiger partial charge in [-0.25, -0.2) is 0 Å². The van der Waals surface area contributed by atoms with Gasteiger partial charge in [0.25, 0.3) is 0 Å². The molecule has 1 saturated heterocycles. The van der Waals surface area contributed by atoms with Crippen molar-refractivity contribution in [3.8, 4) is 0 Å². The Balaban J connectivity index is 1.42. The van der Waals surface area contributed by atoms with Crippen LogP contribution in [0.2, 0.25) is 0 Å². The average Bonchev–Trinajstić information content (AvgIpc) is 3.26. The largest absolute Gasteiger partial charge is 0.468 e. The van der Waals surface area contributed by atoms with E-state index in [2.05, 4.69) is 27.3 Å². The molecule has 1 unspecified atom stereocenters. The van der Waals surface area contributed by atoms with Crippen LogP contribution >= 0.6 is 0 Å². The molecule has 0 aromatic carbocycles. The molecule has 7 heteroatoms. The number of hydrogen-bond acceptors (Lipinski definition) is 7. The number of hydrogen-bond donors (Lipinski definition) is 1. The zero-order valence-electron chi connectivity index (χ0n) is 14.4. The van der Waals surface area contributed by atoms with Gasteiger partial charge < -0.3 is 19.0 Å². The van der Waals surface area contributed by atoms with Crippen LogP contribution in [0.1, 0.15) is 43.3 Å². The number of likely N-dealkylation sites (tertiary alicyclic amines) is 1. The Bertz CT molecular complexity index is 591. The lowest BCUT2D eigenvalue weighted by Gasteiger charge is -2.32. The van der Waals surface area contributed by atoms with Gasteiger partial charge in [-0.15, -0.1) is 0 Å². The topological polar surface area (TPSA) is 76.6 Å². The molecular weight excluding hydrogens is 308 g/mol. The van der Waals surface area contributed by atoms with E-state index in [1.54, 1.807) is 13.4 Å². The van der Waals surface area contributed by atoms with Gasteiger partial charge in [0.05, 0.1) is 25.5 Å². The molecule has 2 aromatic rings. The molecular formula is C17H26N4O3. The summed E-state index contributed by atoms with van der Waals surface area (Å²) in [6, 6.07) is 4.51. The molecule has 0 saturated carbocycles. The Morgan fingerprint density at radius 2 is 2.25 bits per heavy atom. The van der Waals surface area contributed by atoms with E-state index < -0.39 is 0 Å². The van der Waals surface area contributed by atoms with Crippen molar-refractivity contribution >= 4 is 0 Å². The van der Waals surface area contributed by atoms with Gasteiger partial charge in [0.15, 0.2) is 5.82 Å². The van der Waals surface area contributed by atoms with E-state index in [1.807, 2.05) is 12.1 Å². The maximum Gasteiger partial charge on any atom is 0.243 e. The first kappa shape index (κ1) is 17.1. The molecule has 1 fully saturated rings. The molecule has 0 amide bonds. The fourth-order valence-electron chi connectivity index (χ4n) is 3.04. The summed E-state index contributed by atoms with van der Waals surface area (Å²) in [6.45, 7) is 5.70. The summed E-state index contributed by atoms with van der Waals surface area (Å²) in [5.41, 5.74) is 0. The van der Waals surface area contributed by atoms with Crippen molar-refractivity contribution in [2.24, 2.45) is 0 Å². The standard InChI is InChI=1S/C17H26N4O3/c1-13(17-19-16(20-24-17)7-11-22-2)18-14-5-8-21(9-6-14)12-15-4-3-10-23-15/h3-4,10,13-14,18H,5-9,11-12H2,1-2H3. The molecule has 0 aliphatic carbocycles. The fourth-order valence-corrected chi connectivity index (χ4v) is 3.04. The number of rotatable bonds is 8. The Morgan fingerprint density at radius 1 is 1.42 bits per heavy atom. The lowest BCUT2D eigenvalue weighted by Crippen LogP contribution is -2.42. The Labute approximate surface area is 142 Å². The van der Waals surface area contributed by atoms with Crippen molar-refractivity contribution in [3.63, 3.8) is 0 Å². The lowest BCUT2D eigenvalue weighted by atomic mass is 10.0. The number of nitrogens with one attached hydrogen (secondary N) is 1. The van der Waals surface area contributed by atoms with Crippen LogP contribution in [0.5, 0.6) is 0 Å². The van der Waals surface area contributed by atoms with E-state index >= 15 is 0 Å². The van der Waals surface area contributed by atoms with Crippen LogP contribution in [0.25, 0.3) is 0 Å². The third-order valence-corrected chi connectivity index (χ3v) is 4.42. The van der Waals surface area contributed by atoms with Gasteiger partial charge in [-0.1, -0.05) is 5.16 Å². The van der Waals surface area contributed by atoms with Crippen LogP contribution in [0.3, 0.4) is 0 Å². The highest BCUT2D eigenvalue weighted by Crippen LogP contribution is 2.18. The predicted octanol–water partition coefficient (Wildman–Crippen LogP) is 2.17. The fraction of sp³-hybridized carbons (Fsp3) is 0.647. The molecule has 3 heterocycles. The van der Waals surface area contributed by atoms with Crippen LogP contribution in [0.4, 0.5) is 0 Å². The molecule has 1 aliphatic heterocycles. The molecule has 3 rings (SSSR count). The minimum atomic E-state index is 0.0652. The quantitative estimate of drug-likeness (QED) is 0.793. The first-order chi connectivity index (χ1) is 11.7. The smallest absolute Gasteiger partial charge is 0.243 e. The average molecular weight is 334 g/mol. The van der Waals surface area contributed by atoms with Gasteiger partial charge in [0.2, 0.25) is 5.89 Å². The summed E-state index contributed by atoms with van der Waals surface area (Å²) in [6.07, 6.45) is 4.62. The second-order valence-electron chi connectivity index (χ2n) is 6.31. The molecule has 1 aliphatic rings. The minimum Gasteiger partial charge on any atom is -0.468 e. The highest BCUT2D eigenvalue weighted by atomic mass is 16.5. The summed E-state index contributed by atoms with van der Waals surface area (Å²) in [4.78, 5) is 6.86.